The summed E-state index contributed by atoms with van der Waals surface area (Å²) in [6.45, 7) is 4.49. The third-order valence-corrected chi connectivity index (χ3v) is 4.41. The smallest absolute Gasteiger partial charge is 0.260 e. The maximum atomic E-state index is 13.8. The molecule has 1 aromatic heterocycles. The van der Waals surface area contributed by atoms with Gasteiger partial charge in [-0.2, -0.15) is 0 Å². The summed E-state index contributed by atoms with van der Waals surface area (Å²) in [6, 6.07) is 6.20. The molecular weight excluding hydrogens is 323 g/mol. The molecule has 7 heteroatoms. The van der Waals surface area contributed by atoms with Crippen LogP contribution in [0.3, 0.4) is 0 Å². The van der Waals surface area contributed by atoms with Gasteiger partial charge in [0, 0.05) is 6.54 Å². The van der Waals surface area contributed by atoms with Crippen molar-refractivity contribution >= 4 is 29.7 Å². The number of aliphatic imine (C=N–C) groups is 2. The fourth-order valence-electron chi connectivity index (χ4n) is 3.10. The number of para-hydroxylation sites is 1. The number of anilines is 1. The lowest BCUT2D eigenvalue weighted by Gasteiger charge is -2.18. The molecule has 2 aromatic rings. The van der Waals surface area contributed by atoms with Crippen LogP contribution in [-0.4, -0.2) is 35.6 Å². The summed E-state index contributed by atoms with van der Waals surface area (Å²) in [4.78, 5) is 23.7. The number of furan rings is 1. The van der Waals surface area contributed by atoms with E-state index in [0.717, 1.165) is 13.0 Å². The van der Waals surface area contributed by atoms with Crippen molar-refractivity contribution in [2.45, 2.75) is 26.3 Å². The number of carbonyl (C=O) groups is 1. The van der Waals surface area contributed by atoms with Gasteiger partial charge >= 0.3 is 0 Å². The number of benzene rings is 1. The van der Waals surface area contributed by atoms with Crippen LogP contribution in [0.25, 0.3) is 0 Å². The van der Waals surface area contributed by atoms with E-state index < -0.39 is 11.7 Å². The van der Waals surface area contributed by atoms with Gasteiger partial charge in [0.15, 0.2) is 0 Å². The van der Waals surface area contributed by atoms with Crippen LogP contribution in [0.15, 0.2) is 38.7 Å². The largest absolute Gasteiger partial charge is 0.442 e. The summed E-state index contributed by atoms with van der Waals surface area (Å²) in [6.07, 6.45) is 2.58. The Morgan fingerprint density at radius 2 is 2.24 bits per heavy atom. The highest BCUT2D eigenvalue weighted by Crippen LogP contribution is 2.35. The number of rotatable bonds is 3. The number of carbonyl (C=O) groups excluding carboxylic acids is 1. The van der Waals surface area contributed by atoms with Crippen molar-refractivity contribution < 1.29 is 13.6 Å². The van der Waals surface area contributed by atoms with Crippen molar-refractivity contribution in [2.75, 3.05) is 11.9 Å². The van der Waals surface area contributed by atoms with Gasteiger partial charge in [0.1, 0.15) is 23.8 Å². The van der Waals surface area contributed by atoms with E-state index in [9.17, 15) is 9.18 Å². The number of aryl methyl sites for hydroxylation is 1. The Morgan fingerprint density at radius 3 is 3.00 bits per heavy atom. The normalized spacial score (nSPS) is 18.0. The van der Waals surface area contributed by atoms with Crippen LogP contribution >= 0.6 is 0 Å². The number of halogens is 1. The molecule has 1 amide bonds. The third-order valence-electron chi connectivity index (χ3n) is 4.41. The van der Waals surface area contributed by atoms with Crippen molar-refractivity contribution in [1.29, 1.82) is 0 Å². The second-order valence-electron chi connectivity index (χ2n) is 6.06. The molecule has 4 rings (SSSR count). The van der Waals surface area contributed by atoms with Gasteiger partial charge in [-0.15, -0.1) is 0 Å². The van der Waals surface area contributed by atoms with E-state index in [1.165, 1.54) is 12.1 Å². The second-order valence-corrected chi connectivity index (χ2v) is 6.06. The van der Waals surface area contributed by atoms with Crippen molar-refractivity contribution in [3.8, 4) is 0 Å². The molecule has 6 nitrogen and oxygen atoms in total. The molecule has 25 heavy (non-hydrogen) atoms. The van der Waals surface area contributed by atoms with Crippen LogP contribution in [0.4, 0.5) is 16.0 Å². The number of hydrogen-bond donors (Lipinski definition) is 1. The van der Waals surface area contributed by atoms with Gasteiger partial charge in [0.2, 0.25) is 5.88 Å². The van der Waals surface area contributed by atoms with Crippen LogP contribution in [0.1, 0.15) is 35.0 Å². The Balaban J connectivity index is 1.75. The van der Waals surface area contributed by atoms with Crippen LogP contribution in [-0.2, 0) is 0 Å². The molecule has 0 saturated carbocycles. The summed E-state index contributed by atoms with van der Waals surface area (Å²) in [5.74, 6) is 0.554. The van der Waals surface area contributed by atoms with Gasteiger partial charge in [-0.3, -0.25) is 9.79 Å². The second kappa shape index (κ2) is 5.84. The van der Waals surface area contributed by atoms with Crippen LogP contribution in [0.2, 0.25) is 0 Å². The average molecular weight is 340 g/mol. The quantitative estimate of drug-likeness (QED) is 0.930. The van der Waals surface area contributed by atoms with Crippen molar-refractivity contribution in [2.24, 2.45) is 9.98 Å². The fourth-order valence-corrected chi connectivity index (χ4v) is 3.10. The highest BCUT2D eigenvalue weighted by molar-refractivity contribution is 6.19. The summed E-state index contributed by atoms with van der Waals surface area (Å²) in [7, 11) is 0. The first-order valence-electron chi connectivity index (χ1n) is 8.16. The van der Waals surface area contributed by atoms with Crippen LogP contribution in [0.5, 0.6) is 0 Å². The molecule has 0 spiro atoms. The van der Waals surface area contributed by atoms with Gasteiger partial charge in [-0.05, 0) is 25.5 Å². The molecule has 0 radical (unpaired) electrons. The van der Waals surface area contributed by atoms with Crippen LogP contribution in [0, 0.1) is 12.7 Å². The zero-order chi connectivity index (χ0) is 17.6. The Kier molecular flexibility index (Phi) is 3.63. The molecule has 1 atom stereocenters. The third kappa shape index (κ3) is 2.52. The maximum absolute atomic E-state index is 13.8. The average Bonchev–Trinajstić information content (AvgIpc) is 3.16. The lowest BCUT2D eigenvalue weighted by molar-refractivity contribution is 0.102. The monoisotopic (exact) mass is 340 g/mol. The molecule has 1 aromatic carbocycles. The fraction of sp³-hybridized carbons (Fsp3) is 0.278. The zero-order valence-electron chi connectivity index (χ0n) is 13.9. The highest BCUT2D eigenvalue weighted by atomic mass is 19.1. The SMILES string of the molecule is CCC1CN2C=Nc3oc(C)c(C(=O)Nc4ccccc4F)c3C2=N1. The van der Waals surface area contributed by atoms with Gasteiger partial charge in [-0.25, -0.2) is 9.38 Å². The minimum atomic E-state index is -0.491. The number of hydrogen-bond acceptors (Lipinski definition) is 5. The lowest BCUT2D eigenvalue weighted by Crippen LogP contribution is -2.31. The van der Waals surface area contributed by atoms with E-state index in [-0.39, 0.29) is 11.7 Å². The Morgan fingerprint density at radius 1 is 1.44 bits per heavy atom. The summed E-state index contributed by atoms with van der Waals surface area (Å²) in [5, 5.41) is 2.61. The van der Waals surface area contributed by atoms with E-state index >= 15 is 0 Å². The molecule has 2 aliphatic heterocycles. The van der Waals surface area contributed by atoms with Crippen molar-refractivity contribution in [3.05, 3.63) is 47.0 Å². The Bertz CT molecular complexity index is 916. The first-order valence-corrected chi connectivity index (χ1v) is 8.16. The number of amides is 1. The first kappa shape index (κ1) is 15.6. The predicted molar refractivity (Wildman–Crippen MR) is 93.3 cm³/mol. The molecule has 1 N–H and O–H groups in total. The Labute approximate surface area is 144 Å². The van der Waals surface area contributed by atoms with Gasteiger partial charge in [0.05, 0.1) is 22.9 Å². The number of nitrogens with zero attached hydrogens (tertiary/aromatic N) is 3. The standard InChI is InChI=1S/C18H17FN4O2/c1-3-11-8-23-9-20-18-15(16(23)21-11)14(10(2)25-18)17(24)22-13-7-5-4-6-12(13)19/h4-7,9,11H,3,8H2,1-2H3,(H,22,24). The van der Waals surface area contributed by atoms with Crippen LogP contribution < -0.4 is 5.32 Å². The number of fused-ring (bicyclic) bond motifs is 3. The van der Waals surface area contributed by atoms with E-state index in [2.05, 4.69) is 22.2 Å². The van der Waals surface area contributed by atoms with E-state index in [0.29, 0.717) is 28.6 Å². The number of amidine groups is 1. The molecular formula is C18H17FN4O2. The minimum absolute atomic E-state index is 0.123. The van der Waals surface area contributed by atoms with Crippen molar-refractivity contribution in [1.82, 2.24) is 4.90 Å². The van der Waals surface area contributed by atoms with Gasteiger partial charge in [0.25, 0.3) is 5.91 Å². The molecule has 0 fully saturated rings. The predicted octanol–water partition coefficient (Wildman–Crippen LogP) is 3.49. The lowest BCUT2D eigenvalue weighted by atomic mass is 10.1. The zero-order valence-corrected chi connectivity index (χ0v) is 13.9. The molecule has 3 heterocycles. The first-order chi connectivity index (χ1) is 12.1. The maximum Gasteiger partial charge on any atom is 0.260 e. The van der Waals surface area contributed by atoms with E-state index in [1.54, 1.807) is 25.4 Å². The topological polar surface area (TPSA) is 70.2 Å². The molecule has 0 aliphatic carbocycles. The minimum Gasteiger partial charge on any atom is -0.442 e. The van der Waals surface area contributed by atoms with Gasteiger partial charge in [-0.1, -0.05) is 19.1 Å². The molecule has 0 saturated heterocycles. The Hall–Kier alpha value is -2.96. The molecule has 0 bridgehead atoms. The molecule has 128 valence electrons. The van der Waals surface area contributed by atoms with E-state index in [1.807, 2.05) is 4.90 Å². The van der Waals surface area contributed by atoms with E-state index in [4.69, 9.17) is 4.42 Å². The van der Waals surface area contributed by atoms with Crippen molar-refractivity contribution in [3.63, 3.8) is 0 Å². The summed E-state index contributed by atoms with van der Waals surface area (Å²) < 4.78 is 19.5. The summed E-state index contributed by atoms with van der Waals surface area (Å²) in [5.41, 5.74) is 1.04. The highest BCUT2D eigenvalue weighted by Gasteiger charge is 2.36. The molecule has 1 unspecified atom stereocenters. The van der Waals surface area contributed by atoms with Gasteiger partial charge < -0.3 is 14.6 Å². The summed E-state index contributed by atoms with van der Waals surface area (Å²) >= 11 is 0. The molecule has 2 aliphatic rings. The number of nitrogens with one attached hydrogen (secondary N) is 1.